The fourth-order valence-corrected chi connectivity index (χ4v) is 5.32. The van der Waals surface area contributed by atoms with E-state index in [0.717, 1.165) is 27.4 Å². The van der Waals surface area contributed by atoms with Crippen molar-refractivity contribution in [3.63, 3.8) is 0 Å². The van der Waals surface area contributed by atoms with Crippen LogP contribution in [0, 0.1) is 6.92 Å². The highest BCUT2D eigenvalue weighted by Crippen LogP contribution is 2.25. The highest BCUT2D eigenvalue weighted by molar-refractivity contribution is 7.98. The SMILES string of the molecule is CSc1ccc(CNC(=O)c2sccc2S(=O)(=O)Nc2ccc(C)cc2)cc1. The maximum Gasteiger partial charge on any atom is 0.263 e. The van der Waals surface area contributed by atoms with Gasteiger partial charge in [-0.3, -0.25) is 9.52 Å². The lowest BCUT2D eigenvalue weighted by atomic mass is 10.2. The quantitative estimate of drug-likeness (QED) is 0.539. The molecular formula is C20H20N2O3S3. The van der Waals surface area contributed by atoms with Crippen molar-refractivity contribution >= 4 is 44.7 Å². The molecule has 3 rings (SSSR count). The van der Waals surface area contributed by atoms with Crippen LogP contribution >= 0.6 is 23.1 Å². The summed E-state index contributed by atoms with van der Waals surface area (Å²) < 4.78 is 28.0. The van der Waals surface area contributed by atoms with Gasteiger partial charge in [0.1, 0.15) is 9.77 Å². The van der Waals surface area contributed by atoms with Crippen LogP contribution in [0.15, 0.2) is 69.8 Å². The largest absolute Gasteiger partial charge is 0.347 e. The Balaban J connectivity index is 1.72. The Labute approximate surface area is 173 Å². The van der Waals surface area contributed by atoms with Crippen LogP contribution in [0.4, 0.5) is 5.69 Å². The molecule has 1 amide bonds. The summed E-state index contributed by atoms with van der Waals surface area (Å²) in [6.07, 6.45) is 2.00. The third-order valence-electron chi connectivity index (χ3n) is 4.04. The zero-order valence-electron chi connectivity index (χ0n) is 15.4. The van der Waals surface area contributed by atoms with Gasteiger partial charge in [-0.25, -0.2) is 8.42 Å². The molecule has 5 nitrogen and oxygen atoms in total. The standard InChI is InChI=1S/C20H20N2O3S3/c1-14-3-7-16(8-4-14)22-28(24,25)18-11-12-27-19(18)20(23)21-13-15-5-9-17(26-2)10-6-15/h3-12,22H,13H2,1-2H3,(H,21,23). The number of hydrogen-bond acceptors (Lipinski definition) is 5. The molecule has 0 aliphatic rings. The second kappa shape index (κ2) is 8.81. The van der Waals surface area contributed by atoms with Crippen LogP contribution in [0.5, 0.6) is 0 Å². The summed E-state index contributed by atoms with van der Waals surface area (Å²) in [5, 5.41) is 4.40. The molecule has 1 heterocycles. The van der Waals surface area contributed by atoms with E-state index in [0.29, 0.717) is 12.2 Å². The summed E-state index contributed by atoms with van der Waals surface area (Å²) in [4.78, 5) is 13.9. The molecule has 0 unspecified atom stereocenters. The minimum absolute atomic E-state index is 0.0201. The summed E-state index contributed by atoms with van der Waals surface area (Å²) >= 11 is 2.75. The molecule has 8 heteroatoms. The van der Waals surface area contributed by atoms with Crippen molar-refractivity contribution in [3.8, 4) is 0 Å². The number of benzene rings is 2. The van der Waals surface area contributed by atoms with Gasteiger partial charge in [0, 0.05) is 17.1 Å². The van der Waals surface area contributed by atoms with Gasteiger partial charge in [-0.05, 0) is 54.5 Å². The van der Waals surface area contributed by atoms with E-state index >= 15 is 0 Å². The lowest BCUT2D eigenvalue weighted by molar-refractivity contribution is 0.0952. The topological polar surface area (TPSA) is 75.3 Å². The molecule has 0 atom stereocenters. The number of thiophene rings is 1. The van der Waals surface area contributed by atoms with Crippen molar-refractivity contribution in [1.29, 1.82) is 0 Å². The van der Waals surface area contributed by atoms with Gasteiger partial charge in [-0.15, -0.1) is 23.1 Å². The van der Waals surface area contributed by atoms with Crippen molar-refractivity contribution in [2.75, 3.05) is 11.0 Å². The van der Waals surface area contributed by atoms with Crippen LogP contribution in [0.25, 0.3) is 0 Å². The zero-order valence-corrected chi connectivity index (χ0v) is 17.9. The van der Waals surface area contributed by atoms with Crippen molar-refractivity contribution in [3.05, 3.63) is 76.0 Å². The van der Waals surface area contributed by atoms with Crippen LogP contribution in [0.1, 0.15) is 20.8 Å². The van der Waals surface area contributed by atoms with Gasteiger partial charge in [0.2, 0.25) is 0 Å². The van der Waals surface area contributed by atoms with E-state index in [9.17, 15) is 13.2 Å². The maximum atomic E-state index is 12.7. The minimum Gasteiger partial charge on any atom is -0.347 e. The van der Waals surface area contributed by atoms with E-state index in [1.807, 2.05) is 49.6 Å². The fourth-order valence-electron chi connectivity index (χ4n) is 2.51. The number of nitrogens with one attached hydrogen (secondary N) is 2. The smallest absolute Gasteiger partial charge is 0.263 e. The Morgan fingerprint density at radius 1 is 1.04 bits per heavy atom. The van der Waals surface area contributed by atoms with Crippen LogP contribution < -0.4 is 10.0 Å². The Morgan fingerprint density at radius 2 is 1.71 bits per heavy atom. The number of thioether (sulfide) groups is 1. The van der Waals surface area contributed by atoms with E-state index in [-0.39, 0.29) is 9.77 Å². The first-order valence-corrected chi connectivity index (χ1v) is 12.1. The molecule has 0 radical (unpaired) electrons. The second-order valence-electron chi connectivity index (χ2n) is 6.12. The highest BCUT2D eigenvalue weighted by atomic mass is 32.2. The summed E-state index contributed by atoms with van der Waals surface area (Å²) in [5.41, 5.74) is 2.44. The Bertz CT molecular complexity index is 1060. The van der Waals surface area contributed by atoms with Crippen molar-refractivity contribution in [2.24, 2.45) is 0 Å². The van der Waals surface area contributed by atoms with Crippen LogP contribution in [0.2, 0.25) is 0 Å². The summed E-state index contributed by atoms with van der Waals surface area (Å²) in [6.45, 7) is 2.25. The Kier molecular flexibility index (Phi) is 6.43. The van der Waals surface area contributed by atoms with Gasteiger partial charge >= 0.3 is 0 Å². The monoisotopic (exact) mass is 432 g/mol. The lowest BCUT2D eigenvalue weighted by Crippen LogP contribution is -2.24. The van der Waals surface area contributed by atoms with Gasteiger partial charge in [-0.2, -0.15) is 0 Å². The molecule has 0 fully saturated rings. The molecular weight excluding hydrogens is 412 g/mol. The molecule has 0 aliphatic heterocycles. The average molecular weight is 433 g/mol. The lowest BCUT2D eigenvalue weighted by Gasteiger charge is -2.10. The molecule has 1 aromatic heterocycles. The molecule has 28 heavy (non-hydrogen) atoms. The van der Waals surface area contributed by atoms with Gasteiger partial charge < -0.3 is 5.32 Å². The van der Waals surface area contributed by atoms with E-state index < -0.39 is 15.9 Å². The Hall–Kier alpha value is -2.29. The average Bonchev–Trinajstić information content (AvgIpc) is 3.19. The van der Waals surface area contributed by atoms with Crippen molar-refractivity contribution < 1.29 is 13.2 Å². The first kappa shape index (κ1) is 20.4. The number of aryl methyl sites for hydroxylation is 1. The van der Waals surface area contributed by atoms with Gasteiger partial charge in [0.15, 0.2) is 0 Å². The highest BCUT2D eigenvalue weighted by Gasteiger charge is 2.24. The number of anilines is 1. The summed E-state index contributed by atoms with van der Waals surface area (Å²) in [5.74, 6) is -0.409. The van der Waals surface area contributed by atoms with Gasteiger partial charge in [-0.1, -0.05) is 29.8 Å². The first-order valence-electron chi connectivity index (χ1n) is 8.47. The van der Waals surface area contributed by atoms with Gasteiger partial charge in [0.05, 0.1) is 0 Å². The van der Waals surface area contributed by atoms with Crippen LogP contribution in [-0.2, 0) is 16.6 Å². The number of carbonyl (C=O) groups is 1. The molecule has 146 valence electrons. The van der Waals surface area contributed by atoms with E-state index in [2.05, 4.69) is 10.0 Å². The third kappa shape index (κ3) is 4.95. The number of hydrogen-bond donors (Lipinski definition) is 2. The fraction of sp³-hybridized carbons (Fsp3) is 0.150. The van der Waals surface area contributed by atoms with E-state index in [1.165, 1.54) is 6.07 Å². The summed E-state index contributed by atoms with van der Waals surface area (Å²) in [7, 11) is -3.85. The molecule has 0 aliphatic carbocycles. The van der Waals surface area contributed by atoms with Crippen LogP contribution in [0.3, 0.4) is 0 Å². The minimum atomic E-state index is -3.85. The number of carbonyl (C=O) groups excluding carboxylic acids is 1. The molecule has 3 aromatic rings. The van der Waals surface area contributed by atoms with Crippen molar-refractivity contribution in [1.82, 2.24) is 5.32 Å². The maximum absolute atomic E-state index is 12.7. The molecule has 0 saturated heterocycles. The Morgan fingerprint density at radius 3 is 2.36 bits per heavy atom. The van der Waals surface area contributed by atoms with E-state index in [1.54, 1.807) is 29.3 Å². The molecule has 0 spiro atoms. The number of amides is 1. The molecule has 0 bridgehead atoms. The molecule has 0 saturated carbocycles. The predicted octanol–water partition coefficient (Wildman–Crippen LogP) is 4.51. The van der Waals surface area contributed by atoms with Gasteiger partial charge in [0.25, 0.3) is 15.9 Å². The second-order valence-corrected chi connectivity index (χ2v) is 9.56. The zero-order chi connectivity index (χ0) is 20.1. The van der Waals surface area contributed by atoms with Crippen molar-refractivity contribution in [2.45, 2.75) is 23.3 Å². The number of rotatable bonds is 7. The number of sulfonamides is 1. The summed E-state index contributed by atoms with van der Waals surface area (Å²) in [6, 6.07) is 16.3. The van der Waals surface area contributed by atoms with E-state index in [4.69, 9.17) is 0 Å². The first-order chi connectivity index (χ1) is 13.4. The third-order valence-corrected chi connectivity index (χ3v) is 7.25. The molecule has 2 N–H and O–H groups in total. The normalized spacial score (nSPS) is 11.2. The predicted molar refractivity (Wildman–Crippen MR) is 116 cm³/mol. The van der Waals surface area contributed by atoms with Crippen LogP contribution in [-0.4, -0.2) is 20.6 Å². The molecule has 2 aromatic carbocycles.